The Bertz CT molecular complexity index is 690. The largest absolute Gasteiger partial charge is 0.494 e. The van der Waals surface area contributed by atoms with Gasteiger partial charge in [-0.25, -0.2) is 9.18 Å². The highest BCUT2D eigenvalue weighted by Gasteiger charge is 2.02. The molecule has 0 heterocycles. The van der Waals surface area contributed by atoms with Crippen molar-refractivity contribution in [1.29, 1.82) is 0 Å². The molecule has 0 atom stereocenters. The van der Waals surface area contributed by atoms with E-state index in [-0.39, 0.29) is 5.82 Å². The van der Waals surface area contributed by atoms with Crippen molar-refractivity contribution in [2.45, 2.75) is 39.0 Å². The minimum Gasteiger partial charge on any atom is -0.494 e. The Hall–Kier alpha value is -2.62. The summed E-state index contributed by atoms with van der Waals surface area (Å²) in [6.07, 6.45) is 8.89. The van der Waals surface area contributed by atoms with Crippen LogP contribution in [0.5, 0.6) is 11.5 Å². The molecule has 0 N–H and O–H groups in total. The lowest BCUT2D eigenvalue weighted by atomic mass is 10.2. The third-order valence-corrected chi connectivity index (χ3v) is 3.84. The molecule has 4 heteroatoms. The van der Waals surface area contributed by atoms with Crippen molar-refractivity contribution in [3.8, 4) is 11.5 Å². The molecule has 0 amide bonds. The number of hydrogen-bond donors (Lipinski definition) is 0. The highest BCUT2D eigenvalue weighted by Crippen LogP contribution is 2.18. The summed E-state index contributed by atoms with van der Waals surface area (Å²) in [5, 5.41) is 0. The van der Waals surface area contributed by atoms with Crippen LogP contribution < -0.4 is 9.47 Å². The van der Waals surface area contributed by atoms with Gasteiger partial charge >= 0.3 is 5.97 Å². The zero-order chi connectivity index (χ0) is 18.6. The van der Waals surface area contributed by atoms with Gasteiger partial charge in [-0.3, -0.25) is 0 Å². The van der Waals surface area contributed by atoms with E-state index < -0.39 is 5.97 Å². The first-order valence-corrected chi connectivity index (χ1v) is 9.05. The maximum Gasteiger partial charge on any atom is 0.336 e. The molecular formula is C22H25FO3. The van der Waals surface area contributed by atoms with Gasteiger partial charge in [-0.15, -0.1) is 0 Å². The van der Waals surface area contributed by atoms with E-state index in [2.05, 4.69) is 6.92 Å². The van der Waals surface area contributed by atoms with Gasteiger partial charge < -0.3 is 9.47 Å². The van der Waals surface area contributed by atoms with Crippen LogP contribution in [0.15, 0.2) is 54.6 Å². The second kappa shape index (κ2) is 11.1. The Morgan fingerprint density at radius 1 is 0.923 bits per heavy atom. The molecule has 0 radical (unpaired) electrons. The van der Waals surface area contributed by atoms with Gasteiger partial charge in [0, 0.05) is 6.08 Å². The highest BCUT2D eigenvalue weighted by atomic mass is 19.1. The van der Waals surface area contributed by atoms with Gasteiger partial charge in [0.25, 0.3) is 0 Å². The molecule has 2 aromatic rings. The topological polar surface area (TPSA) is 35.5 Å². The van der Waals surface area contributed by atoms with Crippen molar-refractivity contribution in [2.24, 2.45) is 0 Å². The molecule has 0 fully saturated rings. The highest BCUT2D eigenvalue weighted by molar-refractivity contribution is 5.88. The quantitative estimate of drug-likeness (QED) is 0.234. The lowest BCUT2D eigenvalue weighted by Crippen LogP contribution is -2.03. The number of benzene rings is 2. The van der Waals surface area contributed by atoms with Gasteiger partial charge in [-0.2, -0.15) is 0 Å². The number of hydrogen-bond acceptors (Lipinski definition) is 3. The maximum absolute atomic E-state index is 12.8. The van der Waals surface area contributed by atoms with Gasteiger partial charge in [-0.1, -0.05) is 44.7 Å². The Balaban J connectivity index is 1.73. The summed E-state index contributed by atoms with van der Waals surface area (Å²) < 4.78 is 23.7. The van der Waals surface area contributed by atoms with E-state index >= 15 is 0 Å². The van der Waals surface area contributed by atoms with Crippen molar-refractivity contribution >= 4 is 12.0 Å². The fraction of sp³-hybridized carbons (Fsp3) is 0.318. The fourth-order valence-corrected chi connectivity index (χ4v) is 2.39. The summed E-state index contributed by atoms with van der Waals surface area (Å²) in [6.45, 7) is 2.90. The van der Waals surface area contributed by atoms with Crippen LogP contribution in [0.1, 0.15) is 44.6 Å². The minimum atomic E-state index is -0.487. The molecule has 26 heavy (non-hydrogen) atoms. The maximum atomic E-state index is 12.8. The van der Waals surface area contributed by atoms with E-state index in [0.717, 1.165) is 17.7 Å². The first kappa shape index (κ1) is 19.7. The van der Waals surface area contributed by atoms with Crippen LogP contribution in [0.3, 0.4) is 0 Å². The van der Waals surface area contributed by atoms with Gasteiger partial charge in [0.15, 0.2) is 0 Å². The molecule has 0 saturated carbocycles. The summed E-state index contributed by atoms with van der Waals surface area (Å²) in [4.78, 5) is 11.8. The van der Waals surface area contributed by atoms with Gasteiger partial charge in [0.2, 0.25) is 0 Å². The van der Waals surface area contributed by atoms with Crippen LogP contribution in [0.2, 0.25) is 0 Å². The number of ether oxygens (including phenoxy) is 2. The predicted octanol–water partition coefficient (Wildman–Crippen LogP) is 5.79. The second-order valence-electron chi connectivity index (χ2n) is 6.04. The average Bonchev–Trinajstić information content (AvgIpc) is 2.65. The van der Waals surface area contributed by atoms with E-state index in [1.165, 1.54) is 43.9 Å². The van der Waals surface area contributed by atoms with E-state index in [1.807, 2.05) is 0 Å². The standard InChI is InChI=1S/C22H25FO3/c1-2-3-4-5-6-17-25-20-12-14-21(15-13-20)26-22(24)16-9-18-7-10-19(23)11-8-18/h7-16H,2-6,17H2,1H3/b16-9+. The average molecular weight is 356 g/mol. The lowest BCUT2D eigenvalue weighted by molar-refractivity contribution is -0.128. The van der Waals surface area contributed by atoms with Crippen molar-refractivity contribution in [3.05, 3.63) is 66.0 Å². The number of unbranched alkanes of at least 4 members (excludes halogenated alkanes) is 4. The van der Waals surface area contributed by atoms with E-state index in [0.29, 0.717) is 12.4 Å². The molecule has 0 aromatic heterocycles. The van der Waals surface area contributed by atoms with Gasteiger partial charge in [0.1, 0.15) is 17.3 Å². The summed E-state index contributed by atoms with van der Waals surface area (Å²) >= 11 is 0. The van der Waals surface area contributed by atoms with Crippen LogP contribution >= 0.6 is 0 Å². The molecule has 2 aromatic carbocycles. The molecule has 138 valence electrons. The Morgan fingerprint density at radius 2 is 1.58 bits per heavy atom. The predicted molar refractivity (Wildman–Crippen MR) is 102 cm³/mol. The first-order valence-electron chi connectivity index (χ1n) is 9.05. The summed E-state index contributed by atoms with van der Waals surface area (Å²) in [5.74, 6) is 0.420. The summed E-state index contributed by atoms with van der Waals surface area (Å²) in [5.41, 5.74) is 0.728. The number of halogens is 1. The molecular weight excluding hydrogens is 331 g/mol. The smallest absolute Gasteiger partial charge is 0.336 e. The zero-order valence-electron chi connectivity index (χ0n) is 15.1. The van der Waals surface area contributed by atoms with Crippen LogP contribution in [0.25, 0.3) is 6.08 Å². The van der Waals surface area contributed by atoms with Crippen LogP contribution in [0.4, 0.5) is 4.39 Å². The molecule has 3 nitrogen and oxygen atoms in total. The lowest BCUT2D eigenvalue weighted by Gasteiger charge is -2.07. The monoisotopic (exact) mass is 356 g/mol. The SMILES string of the molecule is CCCCCCCOc1ccc(OC(=O)/C=C/c2ccc(F)cc2)cc1. The molecule has 2 rings (SSSR count). The molecule has 0 unspecified atom stereocenters. The first-order chi connectivity index (χ1) is 12.7. The zero-order valence-corrected chi connectivity index (χ0v) is 15.1. The van der Waals surface area contributed by atoms with Crippen molar-refractivity contribution in [2.75, 3.05) is 6.61 Å². The third-order valence-electron chi connectivity index (χ3n) is 3.84. The van der Waals surface area contributed by atoms with Crippen molar-refractivity contribution in [3.63, 3.8) is 0 Å². The molecule has 0 aliphatic heterocycles. The van der Waals surface area contributed by atoms with Crippen molar-refractivity contribution < 1.29 is 18.7 Å². The Labute approximate surface area is 154 Å². The molecule has 0 bridgehead atoms. The van der Waals surface area contributed by atoms with E-state index in [4.69, 9.17) is 9.47 Å². The van der Waals surface area contributed by atoms with Crippen LogP contribution in [0, 0.1) is 5.82 Å². The summed E-state index contributed by atoms with van der Waals surface area (Å²) in [7, 11) is 0. The fourth-order valence-electron chi connectivity index (χ4n) is 2.39. The third kappa shape index (κ3) is 7.51. The number of carbonyl (C=O) groups is 1. The molecule has 0 aliphatic carbocycles. The normalized spacial score (nSPS) is 10.8. The van der Waals surface area contributed by atoms with E-state index in [1.54, 1.807) is 42.5 Å². The number of rotatable bonds is 10. The second-order valence-corrected chi connectivity index (χ2v) is 6.04. The van der Waals surface area contributed by atoms with E-state index in [9.17, 15) is 9.18 Å². The summed E-state index contributed by atoms with van der Waals surface area (Å²) in [6, 6.07) is 12.9. The minimum absolute atomic E-state index is 0.312. The Morgan fingerprint density at radius 3 is 2.27 bits per heavy atom. The van der Waals surface area contributed by atoms with Crippen molar-refractivity contribution in [1.82, 2.24) is 0 Å². The van der Waals surface area contributed by atoms with Crippen LogP contribution in [-0.4, -0.2) is 12.6 Å². The molecule has 0 aliphatic rings. The van der Waals surface area contributed by atoms with Gasteiger partial charge in [-0.05, 0) is 54.5 Å². The number of carbonyl (C=O) groups excluding carboxylic acids is 1. The molecule has 0 saturated heterocycles. The number of esters is 1. The van der Waals surface area contributed by atoms with Crippen LogP contribution in [-0.2, 0) is 4.79 Å². The van der Waals surface area contributed by atoms with Gasteiger partial charge in [0.05, 0.1) is 6.61 Å². The Kier molecular flexibility index (Phi) is 8.40. The molecule has 0 spiro atoms.